The Hall–Kier alpha value is -1.36. The van der Waals surface area contributed by atoms with Crippen LogP contribution in [0.3, 0.4) is 0 Å². The fraction of sp³-hybridized carbons (Fsp3) is 0.692. The van der Waals surface area contributed by atoms with Crippen molar-refractivity contribution in [2.24, 2.45) is 5.92 Å². The Balaban J connectivity index is 2.52. The minimum Gasteiger partial charge on any atom is -0.396 e. The monoisotopic (exact) mass is 252 g/mol. The Morgan fingerprint density at radius 2 is 2.17 bits per heavy atom. The van der Waals surface area contributed by atoms with Gasteiger partial charge in [0, 0.05) is 32.8 Å². The van der Waals surface area contributed by atoms with Crippen LogP contribution in [0, 0.1) is 5.92 Å². The highest BCUT2D eigenvalue weighted by molar-refractivity contribution is 5.47. The summed E-state index contributed by atoms with van der Waals surface area (Å²) in [5.41, 5.74) is 0. The lowest BCUT2D eigenvalue weighted by Gasteiger charge is -2.19. The van der Waals surface area contributed by atoms with E-state index in [-0.39, 0.29) is 6.61 Å². The molecule has 5 nitrogen and oxygen atoms in total. The van der Waals surface area contributed by atoms with Gasteiger partial charge in [-0.3, -0.25) is 0 Å². The summed E-state index contributed by atoms with van der Waals surface area (Å²) in [4.78, 5) is 10.6. The number of nitrogens with zero attached hydrogens (tertiary/aromatic N) is 3. The van der Waals surface area contributed by atoms with Crippen LogP contribution in [0.5, 0.6) is 0 Å². The topological polar surface area (TPSA) is 61.3 Å². The number of nitrogens with one attached hydrogen (secondary N) is 1. The Bertz CT molecular complexity index is 344. The van der Waals surface area contributed by atoms with Crippen LogP contribution >= 0.6 is 0 Å². The van der Waals surface area contributed by atoms with E-state index < -0.39 is 0 Å². The van der Waals surface area contributed by atoms with E-state index in [0.717, 1.165) is 37.6 Å². The Morgan fingerprint density at radius 1 is 1.39 bits per heavy atom. The zero-order valence-electron chi connectivity index (χ0n) is 11.6. The number of aliphatic hydroxyl groups is 1. The molecule has 0 aliphatic carbocycles. The molecule has 0 aromatic carbocycles. The highest BCUT2D eigenvalue weighted by Gasteiger charge is 2.05. The average molecular weight is 252 g/mol. The van der Waals surface area contributed by atoms with Crippen molar-refractivity contribution in [1.82, 2.24) is 9.97 Å². The molecule has 0 amide bonds. The summed E-state index contributed by atoms with van der Waals surface area (Å²) >= 11 is 0. The van der Waals surface area contributed by atoms with Crippen LogP contribution in [-0.2, 0) is 0 Å². The number of aromatic nitrogens is 2. The van der Waals surface area contributed by atoms with Gasteiger partial charge in [0.05, 0.1) is 0 Å². The molecule has 2 N–H and O–H groups in total. The van der Waals surface area contributed by atoms with Gasteiger partial charge in [-0.25, -0.2) is 9.97 Å². The number of hydrogen-bond donors (Lipinski definition) is 2. The van der Waals surface area contributed by atoms with E-state index in [4.69, 9.17) is 5.11 Å². The van der Waals surface area contributed by atoms with Gasteiger partial charge in [0.1, 0.15) is 18.0 Å². The number of rotatable bonds is 8. The van der Waals surface area contributed by atoms with Gasteiger partial charge in [-0.2, -0.15) is 0 Å². The van der Waals surface area contributed by atoms with Crippen molar-refractivity contribution >= 4 is 11.6 Å². The van der Waals surface area contributed by atoms with Crippen molar-refractivity contribution in [2.75, 3.05) is 37.0 Å². The van der Waals surface area contributed by atoms with Crippen molar-refractivity contribution in [3.05, 3.63) is 12.4 Å². The van der Waals surface area contributed by atoms with E-state index in [1.807, 2.05) is 13.1 Å². The number of aliphatic hydroxyl groups excluding tert-OH is 1. The smallest absolute Gasteiger partial charge is 0.133 e. The van der Waals surface area contributed by atoms with Gasteiger partial charge >= 0.3 is 0 Å². The summed E-state index contributed by atoms with van der Waals surface area (Å²) in [5.74, 6) is 2.43. The minimum absolute atomic E-state index is 0.194. The maximum atomic E-state index is 8.73. The predicted molar refractivity (Wildman–Crippen MR) is 74.9 cm³/mol. The molecule has 102 valence electrons. The summed E-state index contributed by atoms with van der Waals surface area (Å²) in [7, 11) is 2.04. The summed E-state index contributed by atoms with van der Waals surface area (Å²) < 4.78 is 0. The molecule has 1 heterocycles. The maximum Gasteiger partial charge on any atom is 0.133 e. The first-order valence-electron chi connectivity index (χ1n) is 6.51. The van der Waals surface area contributed by atoms with Gasteiger partial charge in [0.15, 0.2) is 0 Å². The maximum absolute atomic E-state index is 8.73. The van der Waals surface area contributed by atoms with Crippen molar-refractivity contribution in [3.63, 3.8) is 0 Å². The molecule has 0 aliphatic heterocycles. The molecule has 0 aliphatic rings. The molecule has 18 heavy (non-hydrogen) atoms. The molecule has 0 saturated carbocycles. The van der Waals surface area contributed by atoms with Gasteiger partial charge in [0.2, 0.25) is 0 Å². The van der Waals surface area contributed by atoms with E-state index >= 15 is 0 Å². The highest BCUT2D eigenvalue weighted by Crippen LogP contribution is 2.13. The molecule has 0 spiro atoms. The fourth-order valence-electron chi connectivity index (χ4n) is 1.51. The molecule has 0 radical (unpaired) electrons. The van der Waals surface area contributed by atoms with E-state index in [9.17, 15) is 0 Å². The Morgan fingerprint density at radius 3 is 2.83 bits per heavy atom. The van der Waals surface area contributed by atoms with E-state index in [0.29, 0.717) is 5.92 Å². The lowest BCUT2D eigenvalue weighted by Crippen LogP contribution is -2.21. The number of hydrogen-bond acceptors (Lipinski definition) is 5. The van der Waals surface area contributed by atoms with Crippen LogP contribution < -0.4 is 10.2 Å². The van der Waals surface area contributed by atoms with Crippen molar-refractivity contribution in [1.29, 1.82) is 0 Å². The van der Waals surface area contributed by atoms with Crippen LogP contribution in [0.15, 0.2) is 12.4 Å². The molecule has 0 atom stereocenters. The second kappa shape index (κ2) is 7.87. The van der Waals surface area contributed by atoms with Gasteiger partial charge in [-0.05, 0) is 18.8 Å². The van der Waals surface area contributed by atoms with E-state index in [1.165, 1.54) is 0 Å². The lowest BCUT2D eigenvalue weighted by molar-refractivity contribution is 0.292. The largest absolute Gasteiger partial charge is 0.396 e. The predicted octanol–water partition coefficient (Wildman–Crippen LogP) is 1.75. The summed E-state index contributed by atoms with van der Waals surface area (Å²) in [5, 5.41) is 11.9. The van der Waals surface area contributed by atoms with Gasteiger partial charge < -0.3 is 15.3 Å². The van der Waals surface area contributed by atoms with Crippen molar-refractivity contribution in [2.45, 2.75) is 26.7 Å². The van der Waals surface area contributed by atoms with Crippen LogP contribution in [0.4, 0.5) is 11.6 Å². The first-order chi connectivity index (χ1) is 8.63. The zero-order chi connectivity index (χ0) is 13.4. The summed E-state index contributed by atoms with van der Waals surface area (Å²) in [6, 6.07) is 1.94. The van der Waals surface area contributed by atoms with E-state index in [1.54, 1.807) is 6.33 Å². The first-order valence-corrected chi connectivity index (χ1v) is 6.51. The van der Waals surface area contributed by atoms with Crippen molar-refractivity contribution < 1.29 is 5.11 Å². The molecule has 1 aromatic rings. The third kappa shape index (κ3) is 5.31. The molecule has 1 aromatic heterocycles. The quantitative estimate of drug-likeness (QED) is 0.690. The SMILES string of the molecule is CC(C)CCN(C)c1cc(NCCCO)ncn1. The van der Waals surface area contributed by atoms with Crippen LogP contribution in [0.2, 0.25) is 0 Å². The van der Waals surface area contributed by atoms with Crippen LogP contribution in [0.1, 0.15) is 26.7 Å². The third-order valence-electron chi connectivity index (χ3n) is 2.73. The molecular weight excluding hydrogens is 228 g/mol. The molecule has 5 heteroatoms. The van der Waals surface area contributed by atoms with Crippen LogP contribution in [-0.4, -0.2) is 41.8 Å². The second-order valence-electron chi connectivity index (χ2n) is 4.87. The summed E-state index contributed by atoms with van der Waals surface area (Å²) in [6.07, 6.45) is 3.44. The normalized spacial score (nSPS) is 10.7. The standard InChI is InChI=1S/C13H24N4O/c1-11(2)5-7-17(3)13-9-12(15-10-16-13)14-6-4-8-18/h9-11,18H,4-8H2,1-3H3,(H,14,15,16). The Labute approximate surface area is 109 Å². The first kappa shape index (κ1) is 14.7. The van der Waals surface area contributed by atoms with Gasteiger partial charge in [0.25, 0.3) is 0 Å². The Kier molecular flexibility index (Phi) is 6.43. The molecule has 0 unspecified atom stereocenters. The second-order valence-corrected chi connectivity index (χ2v) is 4.87. The fourth-order valence-corrected chi connectivity index (χ4v) is 1.51. The van der Waals surface area contributed by atoms with Gasteiger partial charge in [-0.1, -0.05) is 13.8 Å². The van der Waals surface area contributed by atoms with E-state index in [2.05, 4.69) is 34.0 Å². The zero-order valence-corrected chi connectivity index (χ0v) is 11.6. The number of anilines is 2. The molecule has 0 fully saturated rings. The minimum atomic E-state index is 0.194. The molecule has 0 saturated heterocycles. The molecule has 1 rings (SSSR count). The third-order valence-corrected chi connectivity index (χ3v) is 2.73. The average Bonchev–Trinajstić information content (AvgIpc) is 2.36. The lowest BCUT2D eigenvalue weighted by atomic mass is 10.1. The molecule has 0 bridgehead atoms. The van der Waals surface area contributed by atoms with Gasteiger partial charge in [-0.15, -0.1) is 0 Å². The van der Waals surface area contributed by atoms with Crippen LogP contribution in [0.25, 0.3) is 0 Å². The molecular formula is C13H24N4O. The summed E-state index contributed by atoms with van der Waals surface area (Å²) in [6.45, 7) is 6.35. The van der Waals surface area contributed by atoms with Crippen molar-refractivity contribution in [3.8, 4) is 0 Å². The highest BCUT2D eigenvalue weighted by atomic mass is 16.3.